The number of nitrogens with zero attached hydrogens (tertiary/aromatic N) is 3. The van der Waals surface area contributed by atoms with Crippen LogP contribution in [0.15, 0.2) is 109 Å². The highest BCUT2D eigenvalue weighted by Gasteiger charge is 2.25. The van der Waals surface area contributed by atoms with E-state index in [1.54, 1.807) is 0 Å². The predicted octanol–water partition coefficient (Wildman–Crippen LogP) is -1.03. The molecule has 252 valence electrons. The summed E-state index contributed by atoms with van der Waals surface area (Å²) in [5.41, 5.74) is 7.63. The van der Waals surface area contributed by atoms with Gasteiger partial charge in [0.25, 0.3) is 0 Å². The zero-order valence-electron chi connectivity index (χ0n) is 32.0. The fraction of sp³-hybridized carbons (Fsp3) is 0. The van der Waals surface area contributed by atoms with Crippen molar-refractivity contribution in [2.24, 2.45) is 0 Å². The molecule has 0 aliphatic heterocycles. The molecule has 60 heavy (non-hydrogen) atoms. The molecule has 0 aliphatic carbocycles. The van der Waals surface area contributed by atoms with E-state index in [4.69, 9.17) is 101 Å². The third-order valence-electron chi connectivity index (χ3n) is 10.9. The van der Waals surface area contributed by atoms with Crippen LogP contribution in [0.25, 0.3) is 87.7 Å². The maximum Gasteiger partial charge on any atom is 0.164 e. The summed E-state index contributed by atoms with van der Waals surface area (Å²) in [5.74, 6) is 0.897. The molecule has 0 unspecified atom stereocenters. The third-order valence-corrected chi connectivity index (χ3v) is 12.1. The van der Waals surface area contributed by atoms with Gasteiger partial charge in [-0.2, -0.15) is 0 Å². The van der Waals surface area contributed by atoms with Gasteiger partial charge in [-0.25, -0.2) is 15.0 Å². The second-order valence-electron chi connectivity index (χ2n) is 14.4. The summed E-state index contributed by atoms with van der Waals surface area (Å²) in [6.07, 6.45) is 0. The summed E-state index contributed by atoms with van der Waals surface area (Å²) in [6.45, 7) is 0. The molecule has 0 fully saturated rings. The van der Waals surface area contributed by atoms with E-state index in [0.29, 0.717) is 37.4 Å². The first kappa shape index (κ1) is 39.9. The molecule has 0 saturated heterocycles. The molecular weight excluding hydrogens is 734 g/mol. The van der Waals surface area contributed by atoms with Gasteiger partial charge in [0.1, 0.15) is 86.3 Å². The van der Waals surface area contributed by atoms with Gasteiger partial charge >= 0.3 is 0 Å². The van der Waals surface area contributed by atoms with E-state index in [9.17, 15) is 0 Å². The van der Waals surface area contributed by atoms with Crippen LogP contribution in [0.1, 0.15) is 0 Å². The molecule has 7 aromatic carbocycles. The van der Waals surface area contributed by atoms with E-state index in [2.05, 4.69) is 0 Å². The van der Waals surface area contributed by atoms with Crippen LogP contribution < -0.4 is 60.1 Å². The van der Waals surface area contributed by atoms with Crippen molar-refractivity contribution in [1.29, 1.82) is 0 Å². The SMILES string of the molecule is [B]c1c([B])c(-c2c([B])c([B])c([B])c3c2sc2c([B])c([B])c([B])c([B])c23)c([B])c([B])c1-c1nc(-c2ccc(-c3ccccc3)cc2)nc(-c2ccc(-c3ccccc3)cc2)n1. The molecule has 0 saturated carbocycles. The van der Waals surface area contributed by atoms with Crippen molar-refractivity contribution in [3.63, 3.8) is 0 Å². The molecule has 22 radical (unpaired) electrons. The quantitative estimate of drug-likeness (QED) is 0.205. The Labute approximate surface area is 367 Å². The summed E-state index contributed by atoms with van der Waals surface area (Å²) in [4.78, 5) is 14.8. The van der Waals surface area contributed by atoms with Crippen molar-refractivity contribution in [1.82, 2.24) is 15.0 Å². The van der Waals surface area contributed by atoms with Gasteiger partial charge in [-0.3, -0.25) is 0 Å². The Hall–Kier alpha value is -5.52. The number of hydrogen-bond acceptors (Lipinski definition) is 4. The highest BCUT2D eigenvalue weighted by atomic mass is 32.1. The minimum atomic E-state index is 0.0502. The van der Waals surface area contributed by atoms with Gasteiger partial charge in [-0.05, 0) is 44.2 Å². The number of benzene rings is 7. The topological polar surface area (TPSA) is 38.7 Å². The Morgan fingerprint density at radius 3 is 1.07 bits per heavy atom. The molecule has 2 aromatic heterocycles. The molecule has 9 aromatic rings. The van der Waals surface area contributed by atoms with Crippen molar-refractivity contribution in [2.75, 3.05) is 0 Å². The van der Waals surface area contributed by atoms with Gasteiger partial charge in [0, 0.05) is 26.1 Å². The van der Waals surface area contributed by atoms with E-state index in [1.165, 1.54) is 11.3 Å². The number of fused-ring (bicyclic) bond motifs is 3. The maximum atomic E-state index is 6.97. The Morgan fingerprint density at radius 1 is 0.267 bits per heavy atom. The number of rotatable bonds is 6. The minimum absolute atomic E-state index is 0.0502. The van der Waals surface area contributed by atoms with E-state index in [1.807, 2.05) is 109 Å². The van der Waals surface area contributed by atoms with Crippen LogP contribution in [-0.2, 0) is 0 Å². The second-order valence-corrected chi connectivity index (χ2v) is 15.4. The molecule has 15 heteroatoms. The van der Waals surface area contributed by atoms with Crippen LogP contribution in [0.5, 0.6) is 0 Å². The van der Waals surface area contributed by atoms with Crippen LogP contribution in [0.2, 0.25) is 0 Å². The summed E-state index contributed by atoms with van der Waals surface area (Å²) in [7, 11) is 73.3. The summed E-state index contributed by atoms with van der Waals surface area (Å²) < 4.78 is 1.05. The molecule has 2 heterocycles. The lowest BCUT2D eigenvalue weighted by Crippen LogP contribution is -2.48. The highest BCUT2D eigenvalue weighted by molar-refractivity contribution is 7.28. The lowest BCUT2D eigenvalue weighted by Gasteiger charge is -2.25. The summed E-state index contributed by atoms with van der Waals surface area (Å²) in [6, 6.07) is 36.0. The van der Waals surface area contributed by atoms with Gasteiger partial charge < -0.3 is 0 Å². The maximum absolute atomic E-state index is 6.97. The van der Waals surface area contributed by atoms with Crippen molar-refractivity contribution >= 4 is 178 Å². The molecule has 0 atom stereocenters. The van der Waals surface area contributed by atoms with Crippen LogP contribution >= 0.6 is 11.3 Å². The van der Waals surface area contributed by atoms with Crippen LogP contribution in [0, 0.1) is 0 Å². The molecule has 0 spiro atoms. The number of thiophene rings is 1. The number of hydrogen-bond donors (Lipinski definition) is 0. The fourth-order valence-corrected chi connectivity index (χ4v) is 8.98. The summed E-state index contributed by atoms with van der Waals surface area (Å²) in [5, 5.41) is 0.925. The van der Waals surface area contributed by atoms with Gasteiger partial charge in [0.2, 0.25) is 0 Å². The monoisotopic (exact) mass is 753 g/mol. The molecule has 9 rings (SSSR count). The zero-order chi connectivity index (χ0) is 42.1. The lowest BCUT2D eigenvalue weighted by molar-refractivity contribution is 1.08. The average Bonchev–Trinajstić information content (AvgIpc) is 3.69. The van der Waals surface area contributed by atoms with Crippen molar-refractivity contribution in [3.05, 3.63) is 109 Å². The average molecular weight is 752 g/mol. The Kier molecular flexibility index (Phi) is 10.3. The van der Waals surface area contributed by atoms with E-state index in [-0.39, 0.29) is 77.0 Å². The predicted molar refractivity (Wildman–Crippen MR) is 265 cm³/mol. The Bertz CT molecular complexity index is 3060. The molecule has 0 aliphatic rings. The standard InChI is InChI=1S/C45H18B11N3S/c46-30-25(26-32(48)37(53)33(49)27-28-34(50)38(54)39(55)40(56)42(28)60-41(26)27)31(47)36(52)29(35(30)51)45-58-43(23-15-11-21(12-16-23)19-7-3-1-4-8-19)57-44(59-45)24-17-13-22(14-18-24)20-9-5-2-6-10-20/h1-18H. The lowest BCUT2D eigenvalue weighted by atomic mass is 9.60. The van der Waals surface area contributed by atoms with Crippen molar-refractivity contribution in [2.45, 2.75) is 0 Å². The van der Waals surface area contributed by atoms with Gasteiger partial charge in [0.05, 0.1) is 0 Å². The first-order chi connectivity index (χ1) is 28.8. The Morgan fingerprint density at radius 2 is 0.600 bits per heavy atom. The Balaban J connectivity index is 1.25. The molecule has 0 bridgehead atoms. The minimum Gasteiger partial charge on any atom is -0.208 e. The van der Waals surface area contributed by atoms with Gasteiger partial charge in [-0.1, -0.05) is 153 Å². The van der Waals surface area contributed by atoms with Crippen molar-refractivity contribution in [3.8, 4) is 67.5 Å². The highest BCUT2D eigenvalue weighted by Crippen LogP contribution is 2.35. The van der Waals surface area contributed by atoms with Crippen LogP contribution in [0.3, 0.4) is 0 Å². The molecule has 3 nitrogen and oxygen atoms in total. The fourth-order valence-electron chi connectivity index (χ4n) is 7.61. The first-order valence-corrected chi connectivity index (χ1v) is 19.5. The first-order valence-electron chi connectivity index (χ1n) is 18.6. The largest absolute Gasteiger partial charge is 0.208 e. The molecular formula is C45H18B11N3S. The smallest absolute Gasteiger partial charge is 0.164 e. The van der Waals surface area contributed by atoms with Gasteiger partial charge in [-0.15, -0.1) is 27.7 Å². The van der Waals surface area contributed by atoms with E-state index < -0.39 is 0 Å². The van der Waals surface area contributed by atoms with Gasteiger partial charge in [0.15, 0.2) is 17.5 Å². The van der Waals surface area contributed by atoms with Crippen LogP contribution in [0.4, 0.5) is 0 Å². The number of aromatic nitrogens is 3. The zero-order valence-corrected chi connectivity index (χ0v) is 32.8. The normalized spacial score (nSPS) is 11.4. The molecule has 0 amide bonds. The van der Waals surface area contributed by atoms with Crippen LogP contribution in [-0.4, -0.2) is 101 Å². The van der Waals surface area contributed by atoms with E-state index in [0.717, 1.165) is 33.4 Å². The van der Waals surface area contributed by atoms with E-state index >= 15 is 0 Å². The third kappa shape index (κ3) is 6.48. The second kappa shape index (κ2) is 15.5. The summed E-state index contributed by atoms with van der Waals surface area (Å²) >= 11 is 1.23. The van der Waals surface area contributed by atoms with Crippen molar-refractivity contribution < 1.29 is 0 Å². The molecule has 0 N–H and O–H groups in total.